The maximum absolute atomic E-state index is 13.0. The molecule has 5 rings (SSSR count). The van der Waals surface area contributed by atoms with E-state index >= 15 is 0 Å². The molecule has 3 aromatic rings. The summed E-state index contributed by atoms with van der Waals surface area (Å²) in [5.41, 5.74) is 3.65. The van der Waals surface area contributed by atoms with Crippen molar-refractivity contribution < 1.29 is 13.2 Å². The smallest absolute Gasteiger partial charge is 0.284 e. The van der Waals surface area contributed by atoms with E-state index in [2.05, 4.69) is 10.2 Å². The van der Waals surface area contributed by atoms with E-state index in [0.717, 1.165) is 40.0 Å². The number of benzene rings is 3. The fourth-order valence-electron chi connectivity index (χ4n) is 3.93. The number of azo groups is 1. The van der Waals surface area contributed by atoms with Crippen LogP contribution in [0.15, 0.2) is 95.0 Å². The Bertz CT molecular complexity index is 1300. The van der Waals surface area contributed by atoms with Crippen LogP contribution < -0.4 is 0 Å². The van der Waals surface area contributed by atoms with Gasteiger partial charge >= 0.3 is 6.18 Å². The first kappa shape index (κ1) is 22.5. The maximum atomic E-state index is 13.0. The second-order valence-corrected chi connectivity index (χ2v) is 8.70. The summed E-state index contributed by atoms with van der Waals surface area (Å²) in [5, 5.41) is 13.7. The van der Waals surface area contributed by atoms with Gasteiger partial charge in [0.05, 0.1) is 12.1 Å². The fourth-order valence-corrected chi connectivity index (χ4v) is 4.18. The number of nitrogens with zero attached hydrogens (tertiary/aromatic N) is 4. The Kier molecular flexibility index (Phi) is 5.83. The number of allylic oxidation sites excluding steroid dienone is 2. The van der Waals surface area contributed by atoms with E-state index in [1.165, 1.54) is 12.1 Å². The fraction of sp³-hybridized carbons (Fsp3) is 0.120. The Balaban J connectivity index is 1.57. The molecule has 0 N–H and O–H groups in total. The van der Waals surface area contributed by atoms with Crippen LogP contribution in [0.3, 0.4) is 0 Å². The van der Waals surface area contributed by atoms with E-state index in [1.54, 1.807) is 0 Å². The van der Waals surface area contributed by atoms with E-state index in [-0.39, 0.29) is 0 Å². The van der Waals surface area contributed by atoms with Crippen LogP contribution in [0, 0.1) is 0 Å². The number of fused-ring (bicyclic) bond motifs is 1. The summed E-state index contributed by atoms with van der Waals surface area (Å²) in [5.74, 6) is 0.654. The third-order valence-corrected chi connectivity index (χ3v) is 6.11. The molecule has 0 radical (unpaired) electrons. The molecule has 0 spiro atoms. The third-order valence-electron chi connectivity index (χ3n) is 5.60. The lowest BCUT2D eigenvalue weighted by atomic mass is 9.91. The second-order valence-electron chi connectivity index (χ2n) is 7.83. The molecular weight excluding hydrogens is 484 g/mol. The Labute approximate surface area is 204 Å². The number of alkyl halides is 3. The van der Waals surface area contributed by atoms with Crippen LogP contribution in [0.1, 0.15) is 22.3 Å². The minimum absolute atomic E-state index is 0.303. The largest absolute Gasteiger partial charge is 0.416 e. The molecule has 2 aliphatic heterocycles. The molecule has 3 aromatic carbocycles. The van der Waals surface area contributed by atoms with E-state index in [0.29, 0.717) is 29.1 Å². The van der Waals surface area contributed by atoms with Crippen molar-refractivity contribution in [1.29, 1.82) is 0 Å². The van der Waals surface area contributed by atoms with Crippen LogP contribution in [0.5, 0.6) is 0 Å². The zero-order valence-electron chi connectivity index (χ0n) is 17.6. The van der Waals surface area contributed by atoms with Gasteiger partial charge < -0.3 is 0 Å². The lowest BCUT2D eigenvalue weighted by Gasteiger charge is -2.37. The van der Waals surface area contributed by atoms with Crippen LogP contribution in [0.25, 0.3) is 11.1 Å². The highest BCUT2D eigenvalue weighted by atomic mass is 35.5. The van der Waals surface area contributed by atoms with Gasteiger partial charge in [0.1, 0.15) is 0 Å². The Morgan fingerprint density at radius 1 is 0.794 bits per heavy atom. The summed E-state index contributed by atoms with van der Waals surface area (Å²) >= 11 is 12.2. The summed E-state index contributed by atoms with van der Waals surface area (Å²) < 4.78 is 38.9. The summed E-state index contributed by atoms with van der Waals surface area (Å²) in [6.07, 6.45) is -2.41. The molecule has 0 atom stereocenters. The molecule has 2 heterocycles. The average Bonchev–Trinajstić information content (AvgIpc) is 3.30. The zero-order valence-corrected chi connectivity index (χ0v) is 19.1. The number of rotatable bonds is 4. The molecule has 0 saturated heterocycles. The summed E-state index contributed by atoms with van der Waals surface area (Å²) in [6.45, 7) is 0.648. The third kappa shape index (κ3) is 4.41. The van der Waals surface area contributed by atoms with Crippen LogP contribution in [-0.2, 0) is 12.7 Å². The molecule has 0 aliphatic carbocycles. The predicted molar refractivity (Wildman–Crippen MR) is 126 cm³/mol. The number of halogens is 5. The predicted octanol–water partition coefficient (Wildman–Crippen LogP) is 7.88. The lowest BCUT2D eigenvalue weighted by molar-refractivity contribution is -0.137. The first-order chi connectivity index (χ1) is 16.3. The minimum Gasteiger partial charge on any atom is -0.284 e. The van der Waals surface area contributed by atoms with Gasteiger partial charge in [-0.05, 0) is 53.1 Å². The molecule has 0 saturated carbocycles. The molecule has 0 bridgehead atoms. The van der Waals surface area contributed by atoms with Crippen LogP contribution in [-0.4, -0.2) is 16.7 Å². The molecule has 0 fully saturated rings. The average molecular weight is 501 g/mol. The monoisotopic (exact) mass is 500 g/mol. The van der Waals surface area contributed by atoms with Crippen molar-refractivity contribution in [3.8, 4) is 0 Å². The van der Waals surface area contributed by atoms with Crippen LogP contribution >= 0.6 is 23.2 Å². The zero-order chi connectivity index (χ0) is 23.9. The van der Waals surface area contributed by atoms with Crippen LogP contribution in [0.4, 0.5) is 13.2 Å². The minimum atomic E-state index is -4.37. The van der Waals surface area contributed by atoms with E-state index in [9.17, 15) is 13.2 Å². The molecule has 2 aliphatic rings. The Hall–Kier alpha value is -3.29. The van der Waals surface area contributed by atoms with Gasteiger partial charge in [0.2, 0.25) is 0 Å². The molecule has 0 aromatic heterocycles. The molecule has 172 valence electrons. The standard InChI is InChI=1S/C25H17Cl2F3N4/c26-20-9-3-17(4-10-20)22-14-33(13-16-1-7-19(8-2-16)25(28,29)30)34-15-31-32-24(34)23(22)18-5-11-21(27)12-6-18/h1-12,14H,13,15H2. The number of hydrogen-bond donors (Lipinski definition) is 0. The molecule has 0 amide bonds. The second kappa shape index (κ2) is 8.81. The van der Waals surface area contributed by atoms with Crippen molar-refractivity contribution in [3.05, 3.63) is 117 Å². The van der Waals surface area contributed by atoms with Crippen molar-refractivity contribution in [1.82, 2.24) is 10.0 Å². The lowest BCUT2D eigenvalue weighted by Crippen LogP contribution is -2.38. The molecular formula is C25H17Cl2F3N4. The summed E-state index contributed by atoms with van der Waals surface area (Å²) in [6, 6.07) is 20.1. The first-order valence-corrected chi connectivity index (χ1v) is 11.1. The van der Waals surface area contributed by atoms with Crippen molar-refractivity contribution in [2.24, 2.45) is 10.2 Å². The van der Waals surface area contributed by atoms with Gasteiger partial charge in [-0.1, -0.05) is 59.6 Å². The Morgan fingerprint density at radius 3 is 1.97 bits per heavy atom. The molecule has 34 heavy (non-hydrogen) atoms. The van der Waals surface area contributed by atoms with Crippen molar-refractivity contribution in [3.63, 3.8) is 0 Å². The van der Waals surface area contributed by atoms with E-state index in [4.69, 9.17) is 23.2 Å². The van der Waals surface area contributed by atoms with Gasteiger partial charge in [0.25, 0.3) is 0 Å². The normalized spacial score (nSPS) is 15.6. The topological polar surface area (TPSA) is 31.2 Å². The van der Waals surface area contributed by atoms with Crippen molar-refractivity contribution in [2.45, 2.75) is 12.7 Å². The van der Waals surface area contributed by atoms with Crippen molar-refractivity contribution >= 4 is 34.3 Å². The first-order valence-electron chi connectivity index (χ1n) is 10.4. The molecule has 4 nitrogen and oxygen atoms in total. The van der Waals surface area contributed by atoms with Gasteiger partial charge in [-0.25, -0.2) is 5.01 Å². The van der Waals surface area contributed by atoms with E-state index in [1.807, 2.05) is 64.7 Å². The van der Waals surface area contributed by atoms with Gasteiger partial charge in [0, 0.05) is 27.4 Å². The van der Waals surface area contributed by atoms with Crippen LogP contribution in [0.2, 0.25) is 10.0 Å². The highest BCUT2D eigenvalue weighted by Gasteiger charge is 2.33. The quantitative estimate of drug-likeness (QED) is 0.364. The highest BCUT2D eigenvalue weighted by molar-refractivity contribution is 6.31. The SMILES string of the molecule is FC(F)(F)c1ccc(CN2C=C(c3ccc(Cl)cc3)C(c3ccc(Cl)cc3)=C3N=NCN32)cc1. The van der Waals surface area contributed by atoms with Crippen molar-refractivity contribution in [2.75, 3.05) is 6.67 Å². The Morgan fingerprint density at radius 2 is 1.38 bits per heavy atom. The maximum Gasteiger partial charge on any atom is 0.416 e. The van der Waals surface area contributed by atoms with Gasteiger partial charge in [0.15, 0.2) is 12.5 Å². The van der Waals surface area contributed by atoms with Gasteiger partial charge in [-0.2, -0.15) is 18.3 Å². The number of hydrazine groups is 1. The summed E-state index contributed by atoms with van der Waals surface area (Å²) in [7, 11) is 0. The van der Waals surface area contributed by atoms with Gasteiger partial charge in [-0.3, -0.25) is 5.01 Å². The van der Waals surface area contributed by atoms with E-state index < -0.39 is 11.7 Å². The molecule has 9 heteroatoms. The number of hydrogen-bond acceptors (Lipinski definition) is 4. The summed E-state index contributed by atoms with van der Waals surface area (Å²) in [4.78, 5) is 0. The van der Waals surface area contributed by atoms with Gasteiger partial charge in [-0.15, -0.1) is 5.11 Å². The highest BCUT2D eigenvalue weighted by Crippen LogP contribution is 2.42. The molecule has 0 unspecified atom stereocenters.